The van der Waals surface area contributed by atoms with Crippen molar-refractivity contribution in [2.75, 3.05) is 13.1 Å². The molecule has 1 nitrogen and oxygen atoms in total. The minimum Gasteiger partial charge on any atom is -0.298 e. The zero-order valence-electron chi connectivity index (χ0n) is 13.3. The highest BCUT2D eigenvalue weighted by Crippen LogP contribution is 2.26. The topological polar surface area (TPSA) is 3.24 Å². The molecule has 21 heavy (non-hydrogen) atoms. The minimum atomic E-state index is 0.674. The van der Waals surface area contributed by atoms with Crippen LogP contribution in [0.2, 0.25) is 0 Å². The number of likely N-dealkylation sites (tertiary alicyclic amines) is 1. The van der Waals surface area contributed by atoms with Gasteiger partial charge < -0.3 is 0 Å². The lowest BCUT2D eigenvalue weighted by molar-refractivity contribution is 0.323. The second-order valence-corrected chi connectivity index (χ2v) is 5.71. The summed E-state index contributed by atoms with van der Waals surface area (Å²) in [5.74, 6) is 0.674. The molecule has 1 aliphatic rings. The van der Waals surface area contributed by atoms with Crippen molar-refractivity contribution >= 4 is 0 Å². The third-order valence-electron chi connectivity index (χ3n) is 4.02. The van der Waals surface area contributed by atoms with Crippen LogP contribution in [0, 0.1) is 5.92 Å². The van der Waals surface area contributed by atoms with E-state index in [2.05, 4.69) is 79.5 Å². The van der Waals surface area contributed by atoms with Crippen LogP contribution in [-0.2, 0) is 6.54 Å². The van der Waals surface area contributed by atoms with E-state index in [1.54, 1.807) is 0 Å². The maximum absolute atomic E-state index is 2.57. The van der Waals surface area contributed by atoms with E-state index in [4.69, 9.17) is 0 Å². The monoisotopic (exact) mass is 281 g/mol. The maximum atomic E-state index is 2.57. The Morgan fingerprint density at radius 1 is 1.29 bits per heavy atom. The molecule has 1 heterocycles. The van der Waals surface area contributed by atoms with Crippen LogP contribution in [0.25, 0.3) is 0 Å². The third-order valence-corrected chi connectivity index (χ3v) is 4.02. The number of benzene rings is 1. The number of rotatable bonds is 6. The van der Waals surface area contributed by atoms with Gasteiger partial charge in [-0.25, -0.2) is 0 Å². The average molecular weight is 281 g/mol. The quantitative estimate of drug-likeness (QED) is 0.665. The van der Waals surface area contributed by atoms with Crippen molar-refractivity contribution < 1.29 is 0 Å². The van der Waals surface area contributed by atoms with Crippen molar-refractivity contribution in [3.8, 4) is 0 Å². The highest BCUT2D eigenvalue weighted by atomic mass is 15.1. The fraction of sp³-hybridized carbons (Fsp3) is 0.400. The predicted molar refractivity (Wildman–Crippen MR) is 92.2 cm³/mol. The van der Waals surface area contributed by atoms with Crippen LogP contribution in [0.3, 0.4) is 0 Å². The van der Waals surface area contributed by atoms with Crippen molar-refractivity contribution in [3.63, 3.8) is 0 Å². The van der Waals surface area contributed by atoms with Gasteiger partial charge >= 0.3 is 0 Å². The van der Waals surface area contributed by atoms with E-state index in [0.29, 0.717) is 5.92 Å². The lowest BCUT2D eigenvalue weighted by Crippen LogP contribution is -2.20. The van der Waals surface area contributed by atoms with Gasteiger partial charge in [0.1, 0.15) is 0 Å². The summed E-state index contributed by atoms with van der Waals surface area (Å²) < 4.78 is 0. The van der Waals surface area contributed by atoms with Gasteiger partial charge in [-0.15, -0.1) is 0 Å². The molecule has 0 amide bonds. The molecular formula is C20H27N. The van der Waals surface area contributed by atoms with E-state index in [-0.39, 0.29) is 0 Å². The molecule has 0 N–H and O–H groups in total. The fourth-order valence-electron chi connectivity index (χ4n) is 2.88. The first-order valence-electron chi connectivity index (χ1n) is 8.09. The van der Waals surface area contributed by atoms with Crippen LogP contribution >= 0.6 is 0 Å². The summed E-state index contributed by atoms with van der Waals surface area (Å²) in [5, 5.41) is 0. The van der Waals surface area contributed by atoms with Crippen molar-refractivity contribution in [1.82, 2.24) is 4.90 Å². The Hall–Kier alpha value is -1.60. The van der Waals surface area contributed by atoms with Crippen LogP contribution in [0.1, 0.15) is 32.3 Å². The second kappa shape index (κ2) is 8.63. The van der Waals surface area contributed by atoms with Crippen LogP contribution in [0.5, 0.6) is 0 Å². The van der Waals surface area contributed by atoms with Gasteiger partial charge in [-0.3, -0.25) is 4.90 Å². The van der Waals surface area contributed by atoms with E-state index < -0.39 is 0 Å². The molecule has 0 aliphatic carbocycles. The standard InChI is InChI=1S/C20H27N/c1-3-5-12-19(13-6-4-2)20-14-15-21(17-20)16-18-10-8-7-9-11-18/h3,5-13,20H,4,14-17H2,1-2H3/b5-3-,13-6-,19-12+. The van der Waals surface area contributed by atoms with Crippen molar-refractivity contribution in [2.45, 2.75) is 33.2 Å². The van der Waals surface area contributed by atoms with Crippen molar-refractivity contribution in [1.29, 1.82) is 0 Å². The molecule has 112 valence electrons. The molecule has 2 rings (SSSR count). The predicted octanol–water partition coefficient (Wildman–Crippen LogP) is 4.98. The van der Waals surface area contributed by atoms with Crippen molar-refractivity contribution in [3.05, 3.63) is 71.8 Å². The van der Waals surface area contributed by atoms with Crippen LogP contribution in [0.15, 0.2) is 66.3 Å². The van der Waals surface area contributed by atoms with Crippen molar-refractivity contribution in [2.24, 2.45) is 5.92 Å². The molecule has 1 saturated heterocycles. The van der Waals surface area contributed by atoms with Crippen LogP contribution in [0.4, 0.5) is 0 Å². The summed E-state index contributed by atoms with van der Waals surface area (Å²) in [5.41, 5.74) is 2.90. The van der Waals surface area contributed by atoms with Crippen LogP contribution in [-0.4, -0.2) is 18.0 Å². The smallest absolute Gasteiger partial charge is 0.0233 e. The number of hydrogen-bond donors (Lipinski definition) is 0. The molecule has 1 atom stereocenters. The van der Waals surface area contributed by atoms with E-state index >= 15 is 0 Å². The molecule has 1 unspecified atom stereocenters. The summed E-state index contributed by atoms with van der Waals surface area (Å²) in [7, 11) is 0. The maximum Gasteiger partial charge on any atom is 0.0233 e. The van der Waals surface area contributed by atoms with Gasteiger partial charge in [0.25, 0.3) is 0 Å². The van der Waals surface area contributed by atoms with Gasteiger partial charge in [0.05, 0.1) is 0 Å². The van der Waals surface area contributed by atoms with Gasteiger partial charge in [-0.2, -0.15) is 0 Å². The molecule has 1 aliphatic heterocycles. The van der Waals surface area contributed by atoms with Crippen LogP contribution < -0.4 is 0 Å². The van der Waals surface area contributed by atoms with Gasteiger partial charge in [0.15, 0.2) is 0 Å². The Bertz CT molecular complexity index is 496. The largest absolute Gasteiger partial charge is 0.298 e. The molecule has 0 saturated carbocycles. The number of allylic oxidation sites excluding steroid dienone is 5. The number of hydrogen-bond acceptors (Lipinski definition) is 1. The van der Waals surface area contributed by atoms with Gasteiger partial charge in [-0.1, -0.05) is 67.6 Å². The molecule has 1 fully saturated rings. The van der Waals surface area contributed by atoms with Gasteiger partial charge in [0, 0.05) is 13.1 Å². The first-order chi connectivity index (χ1) is 10.3. The summed E-state index contributed by atoms with van der Waals surface area (Å²) in [6, 6.07) is 10.8. The summed E-state index contributed by atoms with van der Waals surface area (Å²) in [4.78, 5) is 2.57. The first kappa shape index (κ1) is 15.8. The molecule has 0 aromatic heterocycles. The second-order valence-electron chi connectivity index (χ2n) is 5.71. The third kappa shape index (κ3) is 5.02. The molecule has 0 radical (unpaired) electrons. The first-order valence-corrected chi connectivity index (χ1v) is 8.09. The average Bonchev–Trinajstić information content (AvgIpc) is 2.97. The fourth-order valence-corrected chi connectivity index (χ4v) is 2.88. The Labute approximate surface area is 129 Å². The van der Waals surface area contributed by atoms with E-state index in [1.807, 2.05) is 0 Å². The zero-order chi connectivity index (χ0) is 14.9. The van der Waals surface area contributed by atoms with E-state index in [9.17, 15) is 0 Å². The Morgan fingerprint density at radius 2 is 2.10 bits per heavy atom. The Kier molecular flexibility index (Phi) is 6.49. The lowest BCUT2D eigenvalue weighted by atomic mass is 9.97. The molecule has 0 bridgehead atoms. The molecular weight excluding hydrogens is 254 g/mol. The molecule has 1 aromatic carbocycles. The Morgan fingerprint density at radius 3 is 2.81 bits per heavy atom. The SMILES string of the molecule is C\C=C/C=C(\C=C/CC)C1CCN(Cc2ccccc2)C1. The molecule has 0 spiro atoms. The summed E-state index contributed by atoms with van der Waals surface area (Å²) in [6.07, 6.45) is 13.5. The highest BCUT2D eigenvalue weighted by molar-refractivity contribution is 5.27. The zero-order valence-corrected chi connectivity index (χ0v) is 13.3. The highest BCUT2D eigenvalue weighted by Gasteiger charge is 2.24. The minimum absolute atomic E-state index is 0.674. The summed E-state index contributed by atoms with van der Waals surface area (Å²) >= 11 is 0. The van der Waals surface area contributed by atoms with E-state index in [0.717, 1.165) is 13.0 Å². The van der Waals surface area contributed by atoms with Gasteiger partial charge in [-0.05, 0) is 43.4 Å². The summed E-state index contributed by atoms with van der Waals surface area (Å²) in [6.45, 7) is 7.72. The van der Waals surface area contributed by atoms with E-state index in [1.165, 1.54) is 30.6 Å². The van der Waals surface area contributed by atoms with Gasteiger partial charge in [0.2, 0.25) is 0 Å². The molecule has 1 aromatic rings. The molecule has 1 heteroatoms. The normalized spacial score (nSPS) is 20.9. The number of nitrogens with zero attached hydrogens (tertiary/aromatic N) is 1. The Balaban J connectivity index is 1.97. The lowest BCUT2D eigenvalue weighted by Gasteiger charge is -2.16.